The van der Waals surface area contributed by atoms with E-state index in [2.05, 4.69) is 10.6 Å². The lowest BCUT2D eigenvalue weighted by Gasteiger charge is -2.24. The molecule has 0 unspecified atom stereocenters. The van der Waals surface area contributed by atoms with Crippen LogP contribution in [-0.4, -0.2) is 58.3 Å². The SMILES string of the molecule is CCN(c1cc2oc(-c3ccc(Oc4cccc(C)c4)cc3)c(C(=O)NC)c2cc1-c1cccc(C(=O)NCC(C)(C)CO)c1)S(C)(=O)=O. The van der Waals surface area contributed by atoms with Crippen molar-refractivity contribution in [1.82, 2.24) is 10.6 Å². The summed E-state index contributed by atoms with van der Waals surface area (Å²) in [7, 11) is -2.21. The molecule has 0 aliphatic carbocycles. The molecule has 10 nitrogen and oxygen atoms in total. The van der Waals surface area contributed by atoms with Gasteiger partial charge in [-0.15, -0.1) is 0 Å². The van der Waals surface area contributed by atoms with Crippen molar-refractivity contribution >= 4 is 38.5 Å². The Labute approximate surface area is 286 Å². The summed E-state index contributed by atoms with van der Waals surface area (Å²) in [5.74, 6) is 0.883. The van der Waals surface area contributed by atoms with Crippen LogP contribution in [0.1, 0.15) is 47.1 Å². The molecule has 4 aromatic carbocycles. The summed E-state index contributed by atoms with van der Waals surface area (Å²) in [6.45, 7) is 7.69. The number of furan rings is 1. The first-order valence-corrected chi connectivity index (χ1v) is 17.7. The van der Waals surface area contributed by atoms with Crippen LogP contribution < -0.4 is 19.7 Å². The van der Waals surface area contributed by atoms with Gasteiger partial charge in [0.15, 0.2) is 0 Å². The fourth-order valence-electron chi connectivity index (χ4n) is 5.50. The van der Waals surface area contributed by atoms with Crippen LogP contribution in [0.25, 0.3) is 33.4 Å². The average molecular weight is 684 g/mol. The Morgan fingerprint density at radius 3 is 2.27 bits per heavy atom. The molecule has 1 heterocycles. The van der Waals surface area contributed by atoms with Crippen molar-refractivity contribution in [3.63, 3.8) is 0 Å². The number of aliphatic hydroxyl groups is 1. The summed E-state index contributed by atoms with van der Waals surface area (Å²) in [5, 5.41) is 15.6. The monoisotopic (exact) mass is 683 g/mol. The number of nitrogens with one attached hydrogen (secondary N) is 2. The molecule has 5 aromatic rings. The third-order valence-corrected chi connectivity index (χ3v) is 9.41. The second-order valence-corrected chi connectivity index (χ2v) is 14.6. The number of hydrogen-bond donors (Lipinski definition) is 3. The van der Waals surface area contributed by atoms with Crippen LogP contribution in [0.2, 0.25) is 0 Å². The molecule has 0 atom stereocenters. The summed E-state index contributed by atoms with van der Waals surface area (Å²) in [5.41, 5.74) is 3.52. The number of amides is 2. The molecule has 11 heteroatoms. The zero-order valence-electron chi connectivity index (χ0n) is 28.5. The number of carbonyl (C=O) groups excluding carboxylic acids is 2. The zero-order chi connectivity index (χ0) is 35.5. The van der Waals surface area contributed by atoms with E-state index in [4.69, 9.17) is 9.15 Å². The van der Waals surface area contributed by atoms with Crippen LogP contribution in [0.15, 0.2) is 89.3 Å². The Bertz CT molecular complexity index is 2120. The highest BCUT2D eigenvalue weighted by molar-refractivity contribution is 7.92. The molecule has 3 N–H and O–H groups in total. The number of aliphatic hydroxyl groups excluding tert-OH is 1. The maximum atomic E-state index is 13.5. The number of hydrogen-bond acceptors (Lipinski definition) is 7. The van der Waals surface area contributed by atoms with Gasteiger partial charge in [-0.2, -0.15) is 0 Å². The number of carbonyl (C=O) groups is 2. The number of aryl methyl sites for hydroxylation is 1. The Morgan fingerprint density at radius 1 is 0.918 bits per heavy atom. The lowest BCUT2D eigenvalue weighted by atomic mass is 9.94. The van der Waals surface area contributed by atoms with E-state index in [0.717, 1.165) is 11.8 Å². The molecule has 49 heavy (non-hydrogen) atoms. The Kier molecular flexibility index (Phi) is 10.2. The van der Waals surface area contributed by atoms with Crippen molar-refractivity contribution in [3.05, 3.63) is 102 Å². The van der Waals surface area contributed by atoms with Gasteiger partial charge in [-0.05, 0) is 79.6 Å². The highest BCUT2D eigenvalue weighted by atomic mass is 32.2. The van der Waals surface area contributed by atoms with E-state index in [1.165, 1.54) is 11.4 Å². The minimum Gasteiger partial charge on any atom is -0.457 e. The van der Waals surface area contributed by atoms with E-state index < -0.39 is 15.4 Å². The number of ether oxygens (including phenoxy) is 1. The average Bonchev–Trinajstić information content (AvgIpc) is 3.45. The number of benzene rings is 4. The van der Waals surface area contributed by atoms with Crippen molar-refractivity contribution in [2.45, 2.75) is 27.7 Å². The molecule has 1 aromatic heterocycles. The molecular weight excluding hydrogens is 642 g/mol. The van der Waals surface area contributed by atoms with Gasteiger partial charge < -0.3 is 24.9 Å². The molecule has 0 aliphatic rings. The van der Waals surface area contributed by atoms with E-state index in [1.807, 2.05) is 45.0 Å². The first-order valence-electron chi connectivity index (χ1n) is 15.9. The summed E-state index contributed by atoms with van der Waals surface area (Å²) in [6, 6.07) is 25.1. The maximum absolute atomic E-state index is 13.5. The smallest absolute Gasteiger partial charge is 0.255 e. The fourth-order valence-corrected chi connectivity index (χ4v) is 6.48. The summed E-state index contributed by atoms with van der Waals surface area (Å²) in [6.07, 6.45) is 1.13. The van der Waals surface area contributed by atoms with Crippen molar-refractivity contribution in [2.75, 3.05) is 37.3 Å². The predicted molar refractivity (Wildman–Crippen MR) is 193 cm³/mol. The van der Waals surface area contributed by atoms with E-state index in [-0.39, 0.29) is 37.1 Å². The van der Waals surface area contributed by atoms with Gasteiger partial charge in [0.05, 0.1) is 17.5 Å². The fraction of sp³-hybridized carbons (Fsp3) is 0.263. The molecule has 0 saturated heterocycles. The Morgan fingerprint density at radius 2 is 1.63 bits per heavy atom. The van der Waals surface area contributed by atoms with Gasteiger partial charge in [0, 0.05) is 60.3 Å². The summed E-state index contributed by atoms with van der Waals surface area (Å²) >= 11 is 0. The molecule has 0 radical (unpaired) electrons. The maximum Gasteiger partial charge on any atom is 0.255 e. The Hall–Kier alpha value is -5.13. The highest BCUT2D eigenvalue weighted by Gasteiger charge is 2.27. The van der Waals surface area contributed by atoms with Crippen molar-refractivity contribution in [2.24, 2.45) is 5.41 Å². The molecule has 0 bridgehead atoms. The molecule has 2 amide bonds. The second kappa shape index (κ2) is 14.2. The molecule has 5 rings (SSSR count). The quantitative estimate of drug-likeness (QED) is 0.132. The Balaban J connectivity index is 1.65. The summed E-state index contributed by atoms with van der Waals surface area (Å²) in [4.78, 5) is 26.6. The molecular formula is C38H41N3O7S. The molecule has 256 valence electrons. The number of sulfonamides is 1. The van der Waals surface area contributed by atoms with Crippen LogP contribution in [-0.2, 0) is 10.0 Å². The topological polar surface area (TPSA) is 138 Å². The molecule has 0 spiro atoms. The number of nitrogens with zero attached hydrogens (tertiary/aromatic N) is 1. The summed E-state index contributed by atoms with van der Waals surface area (Å²) < 4.78 is 39.7. The molecule has 0 saturated carbocycles. The highest BCUT2D eigenvalue weighted by Crippen LogP contribution is 2.42. The van der Waals surface area contributed by atoms with Gasteiger partial charge in [0.25, 0.3) is 11.8 Å². The first-order chi connectivity index (χ1) is 23.2. The van der Waals surface area contributed by atoms with Crippen LogP contribution in [0.3, 0.4) is 0 Å². The number of anilines is 1. The number of rotatable bonds is 12. The normalized spacial score (nSPS) is 11.7. The van der Waals surface area contributed by atoms with Gasteiger partial charge in [-0.25, -0.2) is 8.42 Å². The second-order valence-electron chi connectivity index (χ2n) is 12.7. The third kappa shape index (κ3) is 7.79. The number of fused-ring (bicyclic) bond motifs is 1. The van der Waals surface area contributed by atoms with Crippen molar-refractivity contribution < 1.29 is 32.3 Å². The van der Waals surface area contributed by atoms with E-state index in [0.29, 0.717) is 56.2 Å². The van der Waals surface area contributed by atoms with Crippen LogP contribution in [0, 0.1) is 12.3 Å². The van der Waals surface area contributed by atoms with Gasteiger partial charge in [0.2, 0.25) is 10.0 Å². The van der Waals surface area contributed by atoms with Crippen LogP contribution in [0.5, 0.6) is 11.5 Å². The van der Waals surface area contributed by atoms with Crippen LogP contribution >= 0.6 is 0 Å². The lowest BCUT2D eigenvalue weighted by Crippen LogP contribution is -2.36. The molecule has 0 fully saturated rings. The lowest BCUT2D eigenvalue weighted by molar-refractivity contribution is 0.0910. The zero-order valence-corrected chi connectivity index (χ0v) is 29.3. The van der Waals surface area contributed by atoms with Crippen LogP contribution in [0.4, 0.5) is 5.69 Å². The van der Waals surface area contributed by atoms with E-state index >= 15 is 0 Å². The van der Waals surface area contributed by atoms with Gasteiger partial charge >= 0.3 is 0 Å². The van der Waals surface area contributed by atoms with Gasteiger partial charge in [-0.1, -0.05) is 38.1 Å². The van der Waals surface area contributed by atoms with Gasteiger partial charge in [0.1, 0.15) is 22.8 Å². The predicted octanol–water partition coefficient (Wildman–Crippen LogP) is 6.76. The largest absolute Gasteiger partial charge is 0.457 e. The van der Waals surface area contributed by atoms with Crippen molar-refractivity contribution in [1.29, 1.82) is 0 Å². The minimum atomic E-state index is -3.74. The standard InChI is InChI=1S/C38H41N3O7S/c1-7-41(49(6,45)46)32-21-33-31(20-30(32)26-11-9-12-27(19-26)36(43)40-22-38(3,4)23-42)34(37(44)39-5)35(48-33)25-14-16-28(17-15-25)47-29-13-8-10-24(2)18-29/h8-21,42H,7,22-23H2,1-6H3,(H,39,44)(H,40,43). The molecule has 0 aliphatic heterocycles. The van der Waals surface area contributed by atoms with Crippen molar-refractivity contribution in [3.8, 4) is 33.9 Å². The third-order valence-electron chi connectivity index (χ3n) is 8.15. The van der Waals surface area contributed by atoms with E-state index in [9.17, 15) is 23.1 Å². The van der Waals surface area contributed by atoms with Gasteiger partial charge in [-0.3, -0.25) is 13.9 Å². The minimum absolute atomic E-state index is 0.0965. The van der Waals surface area contributed by atoms with E-state index in [1.54, 1.807) is 67.6 Å². The first kappa shape index (κ1) is 35.2.